The van der Waals surface area contributed by atoms with Gasteiger partial charge in [-0.15, -0.1) is 23.2 Å². The Balaban J connectivity index is 1.47. The molecule has 3 rings (SSSR count). The average molecular weight is 445 g/mol. The third-order valence-electron chi connectivity index (χ3n) is 7.52. The largest absolute Gasteiger partial charge is 0.381 e. The van der Waals surface area contributed by atoms with Crippen LogP contribution in [-0.4, -0.2) is 72.4 Å². The summed E-state index contributed by atoms with van der Waals surface area (Å²) in [6.45, 7) is 8.22. The first-order valence-corrected chi connectivity index (χ1v) is 12.4. The number of amides is 1. The number of alkyl halides is 2. The van der Waals surface area contributed by atoms with E-state index in [1.807, 2.05) is 12.0 Å². The number of methoxy groups -OCH3 is 1. The van der Waals surface area contributed by atoms with Gasteiger partial charge >= 0.3 is 0 Å². The fourth-order valence-electron chi connectivity index (χ4n) is 5.77. The van der Waals surface area contributed by atoms with Crippen LogP contribution in [0.5, 0.6) is 0 Å². The van der Waals surface area contributed by atoms with E-state index in [9.17, 15) is 4.79 Å². The van der Waals surface area contributed by atoms with Crippen molar-refractivity contribution in [2.45, 2.75) is 68.2 Å². The molecule has 2 saturated carbocycles. The first-order chi connectivity index (χ1) is 14.0. The van der Waals surface area contributed by atoms with Crippen molar-refractivity contribution in [2.75, 3.05) is 39.8 Å². The minimum absolute atomic E-state index is 0.0526. The average Bonchev–Trinajstić information content (AvgIpc) is 2.75. The second kappa shape index (κ2) is 11.4. The fourth-order valence-corrected chi connectivity index (χ4v) is 6.70. The van der Waals surface area contributed by atoms with Gasteiger partial charge in [-0.1, -0.05) is 19.4 Å². The van der Waals surface area contributed by atoms with Gasteiger partial charge in [-0.25, -0.2) is 0 Å². The van der Waals surface area contributed by atoms with E-state index in [0.29, 0.717) is 23.1 Å². The van der Waals surface area contributed by atoms with Gasteiger partial charge in [0.05, 0.1) is 6.10 Å². The molecule has 0 aromatic rings. The zero-order valence-electron chi connectivity index (χ0n) is 17.9. The van der Waals surface area contributed by atoms with Crippen LogP contribution in [0.2, 0.25) is 0 Å². The van der Waals surface area contributed by atoms with E-state index >= 15 is 0 Å². The van der Waals surface area contributed by atoms with Crippen LogP contribution in [-0.2, 0) is 9.53 Å². The maximum Gasteiger partial charge on any atom is 0.246 e. The molecule has 0 bridgehead atoms. The summed E-state index contributed by atoms with van der Waals surface area (Å²) in [7, 11) is 1.84. The van der Waals surface area contributed by atoms with Crippen LogP contribution in [0.1, 0.15) is 51.4 Å². The highest BCUT2D eigenvalue weighted by molar-refractivity contribution is 6.22. The summed E-state index contributed by atoms with van der Waals surface area (Å²) >= 11 is 13.6. The predicted octanol–water partition coefficient (Wildman–Crippen LogP) is 4.54. The topological polar surface area (TPSA) is 32.8 Å². The Labute approximate surface area is 186 Å². The van der Waals surface area contributed by atoms with E-state index in [1.54, 1.807) is 0 Å². The minimum atomic E-state index is 0.0526. The Morgan fingerprint density at radius 3 is 2.45 bits per heavy atom. The van der Waals surface area contributed by atoms with Crippen molar-refractivity contribution >= 4 is 29.1 Å². The Bertz CT molecular complexity index is 539. The molecule has 6 atom stereocenters. The molecule has 1 aliphatic heterocycles. The van der Waals surface area contributed by atoms with Crippen LogP contribution >= 0.6 is 23.2 Å². The number of hydrogen-bond acceptors (Lipinski definition) is 3. The molecular weight excluding hydrogens is 407 g/mol. The number of ether oxygens (including phenoxy) is 1. The van der Waals surface area contributed by atoms with Crippen molar-refractivity contribution in [1.29, 1.82) is 0 Å². The number of halogens is 2. The highest BCUT2D eigenvalue weighted by atomic mass is 35.5. The number of piperazine rings is 1. The highest BCUT2D eigenvalue weighted by Gasteiger charge is 2.42. The molecule has 1 saturated heterocycles. The maximum absolute atomic E-state index is 11.7. The number of carbonyl (C=O) groups is 1. The van der Waals surface area contributed by atoms with E-state index in [2.05, 4.69) is 11.5 Å². The van der Waals surface area contributed by atoms with Gasteiger partial charge in [0.2, 0.25) is 5.91 Å². The van der Waals surface area contributed by atoms with Gasteiger partial charge < -0.3 is 9.64 Å². The summed E-state index contributed by atoms with van der Waals surface area (Å²) in [6.07, 6.45) is 11.1. The molecule has 1 amide bonds. The molecule has 6 unspecified atom stereocenters. The normalized spacial score (nSPS) is 36.7. The monoisotopic (exact) mass is 444 g/mol. The molecule has 6 heteroatoms. The van der Waals surface area contributed by atoms with E-state index in [4.69, 9.17) is 27.9 Å². The smallest absolute Gasteiger partial charge is 0.246 e. The van der Waals surface area contributed by atoms with Crippen LogP contribution in [0.4, 0.5) is 0 Å². The van der Waals surface area contributed by atoms with Crippen LogP contribution in [0.15, 0.2) is 12.7 Å². The van der Waals surface area contributed by atoms with Crippen molar-refractivity contribution in [3.63, 3.8) is 0 Å². The van der Waals surface area contributed by atoms with Crippen molar-refractivity contribution in [3.05, 3.63) is 12.7 Å². The number of carbonyl (C=O) groups excluding carboxylic acids is 1. The molecule has 4 nitrogen and oxygen atoms in total. The van der Waals surface area contributed by atoms with Crippen LogP contribution < -0.4 is 0 Å². The van der Waals surface area contributed by atoms with Crippen molar-refractivity contribution in [1.82, 2.24) is 9.80 Å². The van der Waals surface area contributed by atoms with Gasteiger partial charge in [0.1, 0.15) is 0 Å². The molecular formula is C23H38Cl2N2O2. The molecule has 0 N–H and O–H groups in total. The van der Waals surface area contributed by atoms with E-state index < -0.39 is 0 Å². The zero-order chi connectivity index (χ0) is 20.8. The molecule has 3 aliphatic rings. The second-order valence-electron chi connectivity index (χ2n) is 9.16. The fraction of sp³-hybridized carbons (Fsp3) is 0.870. The third-order valence-corrected chi connectivity index (χ3v) is 8.56. The Morgan fingerprint density at radius 2 is 1.79 bits per heavy atom. The van der Waals surface area contributed by atoms with Gasteiger partial charge in [0.25, 0.3) is 0 Å². The molecule has 0 aromatic carbocycles. The Hall–Kier alpha value is -0.290. The number of nitrogens with zero attached hydrogens (tertiary/aromatic N) is 2. The molecule has 3 fully saturated rings. The quantitative estimate of drug-likeness (QED) is 0.426. The van der Waals surface area contributed by atoms with Crippen molar-refractivity contribution < 1.29 is 9.53 Å². The lowest BCUT2D eigenvalue weighted by atomic mass is 9.68. The Kier molecular flexibility index (Phi) is 9.16. The first-order valence-electron chi connectivity index (χ1n) is 11.5. The predicted molar refractivity (Wildman–Crippen MR) is 121 cm³/mol. The molecule has 0 radical (unpaired) electrons. The number of rotatable bonds is 7. The minimum Gasteiger partial charge on any atom is -0.381 e. The summed E-state index contributed by atoms with van der Waals surface area (Å²) < 4.78 is 5.85. The molecule has 2 aliphatic carbocycles. The summed E-state index contributed by atoms with van der Waals surface area (Å²) in [5.74, 6) is 1.74. The first kappa shape index (κ1) is 23.4. The number of hydrogen-bond donors (Lipinski definition) is 0. The zero-order valence-corrected chi connectivity index (χ0v) is 19.4. The van der Waals surface area contributed by atoms with Gasteiger partial charge in [-0.2, -0.15) is 0 Å². The van der Waals surface area contributed by atoms with Gasteiger partial charge in [-0.05, 0) is 68.9 Å². The summed E-state index contributed by atoms with van der Waals surface area (Å²) in [5, 5.41) is 0.486. The maximum atomic E-state index is 11.7. The summed E-state index contributed by atoms with van der Waals surface area (Å²) in [4.78, 5) is 16.1. The standard InChI is InChI=1S/C23H38Cl2N2O2/c1-3-23(28)27-13-11-26(12-14-27)10-6-7-17-15-19(21(25)16-22(17)29-2)18-8-4-5-9-20(18)24/h3,17-22H,1,4-16H2,2H3. The third kappa shape index (κ3) is 6.12. The summed E-state index contributed by atoms with van der Waals surface area (Å²) in [6, 6.07) is 0. The molecule has 29 heavy (non-hydrogen) atoms. The van der Waals surface area contributed by atoms with Crippen LogP contribution in [0, 0.1) is 17.8 Å². The molecule has 0 spiro atoms. The highest BCUT2D eigenvalue weighted by Crippen LogP contribution is 2.45. The lowest BCUT2D eigenvalue weighted by Gasteiger charge is -2.44. The SMILES string of the molecule is C=CC(=O)N1CCN(CCCC2CC(C3CCCCC3Cl)C(Cl)CC2OC)CC1. The van der Waals surface area contributed by atoms with Gasteiger partial charge in [0.15, 0.2) is 0 Å². The second-order valence-corrected chi connectivity index (χ2v) is 10.3. The van der Waals surface area contributed by atoms with Gasteiger partial charge in [0, 0.05) is 44.0 Å². The van der Waals surface area contributed by atoms with E-state index in [0.717, 1.165) is 52.0 Å². The van der Waals surface area contributed by atoms with Crippen molar-refractivity contribution in [3.8, 4) is 0 Å². The summed E-state index contributed by atoms with van der Waals surface area (Å²) in [5.41, 5.74) is 0. The lowest BCUT2D eigenvalue weighted by Crippen LogP contribution is -2.48. The molecule has 1 heterocycles. The Morgan fingerprint density at radius 1 is 1.07 bits per heavy atom. The van der Waals surface area contributed by atoms with E-state index in [1.165, 1.54) is 38.2 Å². The molecule has 166 valence electrons. The van der Waals surface area contributed by atoms with Gasteiger partial charge in [-0.3, -0.25) is 9.69 Å². The molecule has 0 aromatic heterocycles. The van der Waals surface area contributed by atoms with Crippen LogP contribution in [0.3, 0.4) is 0 Å². The van der Waals surface area contributed by atoms with E-state index in [-0.39, 0.29) is 17.4 Å². The lowest BCUT2D eigenvalue weighted by molar-refractivity contribution is -0.127. The van der Waals surface area contributed by atoms with Crippen molar-refractivity contribution in [2.24, 2.45) is 17.8 Å². The van der Waals surface area contributed by atoms with Crippen LogP contribution in [0.25, 0.3) is 0 Å².